The van der Waals surface area contributed by atoms with E-state index < -0.39 is 29.3 Å². The van der Waals surface area contributed by atoms with Crippen molar-refractivity contribution < 1.29 is 19.1 Å². The molecule has 0 saturated carbocycles. The van der Waals surface area contributed by atoms with Crippen LogP contribution in [-0.4, -0.2) is 58.5 Å². The van der Waals surface area contributed by atoms with Crippen molar-refractivity contribution in [3.63, 3.8) is 0 Å². The second-order valence-electron chi connectivity index (χ2n) is 11.2. The summed E-state index contributed by atoms with van der Waals surface area (Å²) >= 11 is 1.60. The van der Waals surface area contributed by atoms with Crippen LogP contribution in [0.15, 0.2) is 24.3 Å². The van der Waals surface area contributed by atoms with Gasteiger partial charge in [0, 0.05) is 12.1 Å². The number of rotatable bonds is 12. The van der Waals surface area contributed by atoms with Crippen LogP contribution in [-0.2, 0) is 14.3 Å². The van der Waals surface area contributed by atoms with Gasteiger partial charge in [-0.15, -0.1) is 0 Å². The number of amides is 3. The highest BCUT2D eigenvalue weighted by atomic mass is 32.2. The van der Waals surface area contributed by atoms with Gasteiger partial charge in [0.05, 0.1) is 0 Å². The van der Waals surface area contributed by atoms with Crippen molar-refractivity contribution in [2.45, 2.75) is 104 Å². The molecule has 0 aliphatic rings. The topological polar surface area (TPSA) is 87.7 Å². The number of benzene rings is 1. The minimum Gasteiger partial charge on any atom is -0.444 e. The van der Waals surface area contributed by atoms with Gasteiger partial charge in [-0.1, -0.05) is 44.0 Å². The third-order valence-electron chi connectivity index (χ3n) is 5.43. The molecule has 36 heavy (non-hydrogen) atoms. The van der Waals surface area contributed by atoms with Gasteiger partial charge in [0.25, 0.3) is 0 Å². The van der Waals surface area contributed by atoms with Crippen molar-refractivity contribution in [3.05, 3.63) is 35.4 Å². The minimum atomic E-state index is -0.813. The number of hydrogen-bond acceptors (Lipinski definition) is 5. The summed E-state index contributed by atoms with van der Waals surface area (Å²) in [6, 6.07) is 6.05. The van der Waals surface area contributed by atoms with Crippen LogP contribution in [0.25, 0.3) is 0 Å². The van der Waals surface area contributed by atoms with Gasteiger partial charge in [-0.3, -0.25) is 9.59 Å². The fraction of sp³-hybridized carbons (Fsp3) is 0.679. The van der Waals surface area contributed by atoms with E-state index in [2.05, 4.69) is 17.6 Å². The average Bonchev–Trinajstić information content (AvgIpc) is 2.74. The molecule has 2 N–H and O–H groups in total. The Bertz CT molecular complexity index is 861. The van der Waals surface area contributed by atoms with Crippen molar-refractivity contribution in [3.8, 4) is 0 Å². The molecule has 7 nitrogen and oxygen atoms in total. The first-order chi connectivity index (χ1) is 16.7. The van der Waals surface area contributed by atoms with Crippen molar-refractivity contribution in [1.82, 2.24) is 15.5 Å². The number of unbranched alkanes of at least 4 members (excludes halogenated alkanes) is 2. The van der Waals surface area contributed by atoms with Crippen LogP contribution in [0.3, 0.4) is 0 Å². The van der Waals surface area contributed by atoms with E-state index in [9.17, 15) is 14.4 Å². The molecule has 0 saturated heterocycles. The Morgan fingerprint density at radius 1 is 1.06 bits per heavy atom. The predicted molar refractivity (Wildman–Crippen MR) is 149 cm³/mol. The van der Waals surface area contributed by atoms with Gasteiger partial charge in [-0.05, 0) is 84.4 Å². The maximum Gasteiger partial charge on any atom is 0.408 e. The second-order valence-corrected chi connectivity index (χ2v) is 12.2. The smallest absolute Gasteiger partial charge is 0.408 e. The Morgan fingerprint density at radius 2 is 1.69 bits per heavy atom. The number of carbonyl (C=O) groups excluding carboxylic acids is 3. The Labute approximate surface area is 222 Å². The van der Waals surface area contributed by atoms with E-state index >= 15 is 0 Å². The SMILES string of the molecule is CCCCCN(C(=O)C(CCSC)NC(=O)OC(C)(C)C)C(C(=O)NC(C)(C)C)c1ccccc1C. The quantitative estimate of drug-likeness (QED) is 0.349. The van der Waals surface area contributed by atoms with Gasteiger partial charge in [0.15, 0.2) is 0 Å². The van der Waals surface area contributed by atoms with Crippen molar-refractivity contribution in [1.29, 1.82) is 0 Å². The zero-order valence-electron chi connectivity index (χ0n) is 23.7. The second kappa shape index (κ2) is 14.5. The molecule has 1 aromatic carbocycles. The van der Waals surface area contributed by atoms with Gasteiger partial charge in [0.2, 0.25) is 11.8 Å². The van der Waals surface area contributed by atoms with E-state index in [1.807, 2.05) is 58.2 Å². The highest BCUT2D eigenvalue weighted by Gasteiger charge is 2.37. The first-order valence-electron chi connectivity index (χ1n) is 12.9. The summed E-state index contributed by atoms with van der Waals surface area (Å²) in [6.45, 7) is 15.6. The highest BCUT2D eigenvalue weighted by molar-refractivity contribution is 7.98. The first-order valence-corrected chi connectivity index (χ1v) is 14.3. The van der Waals surface area contributed by atoms with Gasteiger partial charge in [-0.25, -0.2) is 4.79 Å². The number of nitrogens with zero attached hydrogens (tertiary/aromatic N) is 1. The lowest BCUT2D eigenvalue weighted by Gasteiger charge is -2.36. The molecular weight excluding hydrogens is 474 g/mol. The van der Waals surface area contributed by atoms with Crippen molar-refractivity contribution in [2.24, 2.45) is 0 Å². The van der Waals surface area contributed by atoms with Crippen LogP contribution in [0.1, 0.15) is 91.3 Å². The fourth-order valence-corrected chi connectivity index (χ4v) is 4.30. The molecule has 0 heterocycles. The molecule has 0 fully saturated rings. The molecule has 204 valence electrons. The number of alkyl carbamates (subject to hydrolysis) is 1. The normalized spacial score (nSPS) is 13.5. The maximum absolute atomic E-state index is 14.1. The fourth-order valence-electron chi connectivity index (χ4n) is 3.82. The Kier molecular flexibility index (Phi) is 12.8. The van der Waals surface area contributed by atoms with Crippen LogP contribution in [0.2, 0.25) is 0 Å². The molecule has 0 aromatic heterocycles. The Hall–Kier alpha value is -2.22. The van der Waals surface area contributed by atoms with Gasteiger partial charge in [-0.2, -0.15) is 11.8 Å². The van der Waals surface area contributed by atoms with E-state index in [-0.39, 0.29) is 11.8 Å². The molecule has 2 unspecified atom stereocenters. The number of carbonyl (C=O) groups is 3. The number of hydrogen-bond donors (Lipinski definition) is 2. The molecule has 0 aliphatic heterocycles. The number of ether oxygens (including phenoxy) is 1. The summed E-state index contributed by atoms with van der Waals surface area (Å²) in [5.41, 5.74) is 0.558. The maximum atomic E-state index is 14.1. The molecule has 0 spiro atoms. The van der Waals surface area contributed by atoms with Crippen LogP contribution in [0, 0.1) is 6.92 Å². The lowest BCUT2D eigenvalue weighted by atomic mass is 9.96. The molecule has 1 rings (SSSR count). The molecule has 8 heteroatoms. The summed E-state index contributed by atoms with van der Waals surface area (Å²) in [6.07, 6.45) is 4.43. The molecule has 0 radical (unpaired) electrons. The zero-order valence-corrected chi connectivity index (χ0v) is 24.5. The predicted octanol–water partition coefficient (Wildman–Crippen LogP) is 5.62. The molecule has 0 aliphatic carbocycles. The van der Waals surface area contributed by atoms with Crippen molar-refractivity contribution >= 4 is 29.7 Å². The van der Waals surface area contributed by atoms with Gasteiger partial charge >= 0.3 is 6.09 Å². The first kappa shape index (κ1) is 31.8. The third kappa shape index (κ3) is 11.2. The lowest BCUT2D eigenvalue weighted by molar-refractivity contribution is -0.143. The average molecular weight is 522 g/mol. The van der Waals surface area contributed by atoms with Crippen LogP contribution >= 0.6 is 11.8 Å². The molecule has 2 atom stereocenters. The summed E-state index contributed by atoms with van der Waals surface area (Å²) in [5, 5.41) is 5.87. The summed E-state index contributed by atoms with van der Waals surface area (Å²) in [4.78, 5) is 42.1. The van der Waals surface area contributed by atoms with Crippen LogP contribution < -0.4 is 10.6 Å². The van der Waals surface area contributed by atoms with Gasteiger partial charge in [0.1, 0.15) is 17.7 Å². The van der Waals surface area contributed by atoms with E-state index in [0.29, 0.717) is 18.7 Å². The van der Waals surface area contributed by atoms with Crippen LogP contribution in [0.4, 0.5) is 4.79 Å². The Morgan fingerprint density at radius 3 is 2.22 bits per heavy atom. The van der Waals surface area contributed by atoms with Gasteiger partial charge < -0.3 is 20.3 Å². The number of nitrogens with one attached hydrogen (secondary N) is 2. The molecule has 0 bridgehead atoms. The Balaban J connectivity index is 3.50. The van der Waals surface area contributed by atoms with Crippen LogP contribution in [0.5, 0.6) is 0 Å². The van der Waals surface area contributed by atoms with E-state index in [4.69, 9.17) is 4.74 Å². The molecule has 3 amide bonds. The molecular formula is C28H47N3O4S. The minimum absolute atomic E-state index is 0.234. The highest BCUT2D eigenvalue weighted by Crippen LogP contribution is 2.27. The third-order valence-corrected chi connectivity index (χ3v) is 6.07. The van der Waals surface area contributed by atoms with E-state index in [1.165, 1.54) is 0 Å². The summed E-state index contributed by atoms with van der Waals surface area (Å²) in [7, 11) is 0. The van der Waals surface area contributed by atoms with Crippen molar-refractivity contribution in [2.75, 3.05) is 18.6 Å². The monoisotopic (exact) mass is 521 g/mol. The lowest BCUT2D eigenvalue weighted by Crippen LogP contribution is -2.55. The summed E-state index contributed by atoms with van der Waals surface area (Å²) < 4.78 is 5.45. The van der Waals surface area contributed by atoms with E-state index in [0.717, 1.165) is 30.4 Å². The van der Waals surface area contributed by atoms with E-state index in [1.54, 1.807) is 37.4 Å². The molecule has 1 aromatic rings. The number of thioether (sulfide) groups is 1. The zero-order chi connectivity index (χ0) is 27.5. The number of aryl methyl sites for hydroxylation is 1. The summed E-state index contributed by atoms with van der Waals surface area (Å²) in [5.74, 6) is 0.170. The standard InChI is InChI=1S/C28H47N3O4S/c1-10-11-14-18-31(25(33)22(17-19-36-9)29-26(34)35-28(6,7)8)23(24(32)30-27(3,4)5)21-16-13-12-15-20(21)2/h12-13,15-16,22-23H,10-11,14,17-19H2,1-9H3,(H,29,34)(H,30,32). The largest absolute Gasteiger partial charge is 0.444 e.